The SMILES string of the molecule is C=CC[N+](C)(CC=C)CC[N-]C. The van der Waals surface area contributed by atoms with E-state index >= 15 is 0 Å². The van der Waals surface area contributed by atoms with Gasteiger partial charge in [0, 0.05) is 0 Å². The minimum Gasteiger partial charge on any atom is -0.660 e. The summed E-state index contributed by atoms with van der Waals surface area (Å²) in [7, 11) is 4.06. The highest BCUT2D eigenvalue weighted by Crippen LogP contribution is 2.02. The van der Waals surface area contributed by atoms with Crippen LogP contribution in [0.25, 0.3) is 5.32 Å². The van der Waals surface area contributed by atoms with Crippen LogP contribution in [0.3, 0.4) is 0 Å². The van der Waals surface area contributed by atoms with Gasteiger partial charge in [-0.05, 0) is 12.2 Å². The number of quaternary nitrogens is 1. The van der Waals surface area contributed by atoms with Crippen LogP contribution in [0.2, 0.25) is 0 Å². The molecule has 0 bridgehead atoms. The highest BCUT2D eigenvalue weighted by Gasteiger charge is 2.14. The lowest BCUT2D eigenvalue weighted by Gasteiger charge is -2.34. The lowest BCUT2D eigenvalue weighted by atomic mass is 10.3. The predicted octanol–water partition coefficient (Wildman–Crippen LogP) is 1.81. The second kappa shape index (κ2) is 5.98. The third-order valence-corrected chi connectivity index (χ3v) is 2.00. The second-order valence-electron chi connectivity index (χ2n) is 3.33. The van der Waals surface area contributed by atoms with Crippen molar-refractivity contribution in [3.8, 4) is 0 Å². The molecule has 70 valence electrons. The molecule has 0 aliphatic carbocycles. The van der Waals surface area contributed by atoms with E-state index in [1.165, 1.54) is 0 Å². The van der Waals surface area contributed by atoms with Gasteiger partial charge >= 0.3 is 0 Å². The van der Waals surface area contributed by atoms with E-state index in [1.807, 2.05) is 19.2 Å². The van der Waals surface area contributed by atoms with Gasteiger partial charge in [-0.3, -0.25) is 0 Å². The molecule has 0 unspecified atom stereocenters. The minimum absolute atomic E-state index is 0.915. The minimum atomic E-state index is 0.915. The molecule has 0 aliphatic rings. The first-order valence-corrected chi connectivity index (χ1v) is 4.29. The van der Waals surface area contributed by atoms with E-state index in [2.05, 4.69) is 25.5 Å². The highest BCUT2D eigenvalue weighted by molar-refractivity contribution is 4.74. The maximum absolute atomic E-state index is 4.10. The number of hydrogen-bond donors (Lipinski definition) is 0. The summed E-state index contributed by atoms with van der Waals surface area (Å²) in [5.74, 6) is 0. The molecular weight excluding hydrogens is 148 g/mol. The number of hydrogen-bond acceptors (Lipinski definition) is 0. The van der Waals surface area contributed by atoms with Crippen LogP contribution in [0.1, 0.15) is 0 Å². The fourth-order valence-corrected chi connectivity index (χ4v) is 1.22. The van der Waals surface area contributed by atoms with Crippen LogP contribution in [0, 0.1) is 0 Å². The van der Waals surface area contributed by atoms with E-state index in [9.17, 15) is 0 Å². The van der Waals surface area contributed by atoms with E-state index in [-0.39, 0.29) is 0 Å². The molecule has 0 atom stereocenters. The van der Waals surface area contributed by atoms with Gasteiger partial charge in [0.15, 0.2) is 0 Å². The fraction of sp³-hybridized carbons (Fsp3) is 0.600. The molecule has 0 aromatic rings. The van der Waals surface area contributed by atoms with Crippen molar-refractivity contribution in [3.63, 3.8) is 0 Å². The molecule has 0 aromatic heterocycles. The zero-order chi connectivity index (χ0) is 9.45. The average Bonchev–Trinajstić information content (AvgIpc) is 2.02. The van der Waals surface area contributed by atoms with Crippen LogP contribution in [-0.4, -0.2) is 44.8 Å². The van der Waals surface area contributed by atoms with Gasteiger partial charge in [0.05, 0.1) is 26.7 Å². The summed E-state index contributed by atoms with van der Waals surface area (Å²) in [4.78, 5) is 0. The molecule has 0 rings (SSSR count). The van der Waals surface area contributed by atoms with Crippen molar-refractivity contribution in [1.82, 2.24) is 0 Å². The molecule has 0 saturated heterocycles. The molecular formula is C10H20N2. The molecule has 0 N–H and O–H groups in total. The molecule has 0 heterocycles. The first-order chi connectivity index (χ1) is 5.68. The van der Waals surface area contributed by atoms with Gasteiger partial charge in [-0.1, -0.05) is 19.7 Å². The molecule has 0 radical (unpaired) electrons. The van der Waals surface area contributed by atoms with Gasteiger partial charge < -0.3 is 9.80 Å². The van der Waals surface area contributed by atoms with Crippen LogP contribution >= 0.6 is 0 Å². The molecule has 0 fully saturated rings. The van der Waals surface area contributed by atoms with E-state index in [4.69, 9.17) is 0 Å². The Hall–Kier alpha value is -0.600. The smallest absolute Gasteiger partial charge is 0.0970 e. The summed E-state index contributed by atoms with van der Waals surface area (Å²) >= 11 is 0. The van der Waals surface area contributed by atoms with Crippen molar-refractivity contribution in [3.05, 3.63) is 30.6 Å². The maximum Gasteiger partial charge on any atom is 0.0970 e. The molecule has 2 nitrogen and oxygen atoms in total. The quantitative estimate of drug-likeness (QED) is 0.406. The summed E-state index contributed by atoms with van der Waals surface area (Å²) < 4.78 is 0.963. The summed E-state index contributed by atoms with van der Waals surface area (Å²) in [5, 5.41) is 4.10. The Morgan fingerprint density at radius 3 is 2.08 bits per heavy atom. The highest BCUT2D eigenvalue weighted by atomic mass is 15.3. The Morgan fingerprint density at radius 1 is 1.25 bits per heavy atom. The van der Waals surface area contributed by atoms with Gasteiger partial charge in [-0.25, -0.2) is 0 Å². The first kappa shape index (κ1) is 11.4. The zero-order valence-corrected chi connectivity index (χ0v) is 8.29. The Bertz CT molecular complexity index is 131. The van der Waals surface area contributed by atoms with E-state index < -0.39 is 0 Å². The van der Waals surface area contributed by atoms with Crippen molar-refractivity contribution in [2.24, 2.45) is 0 Å². The first-order valence-electron chi connectivity index (χ1n) is 4.29. The number of rotatable bonds is 7. The van der Waals surface area contributed by atoms with Gasteiger partial charge in [-0.15, -0.1) is 0 Å². The zero-order valence-electron chi connectivity index (χ0n) is 8.29. The van der Waals surface area contributed by atoms with Crippen molar-refractivity contribution in [2.75, 3.05) is 40.3 Å². The molecule has 0 aliphatic heterocycles. The van der Waals surface area contributed by atoms with Crippen molar-refractivity contribution >= 4 is 0 Å². The third-order valence-electron chi connectivity index (χ3n) is 2.00. The van der Waals surface area contributed by atoms with Crippen molar-refractivity contribution in [1.29, 1.82) is 0 Å². The number of nitrogens with zero attached hydrogens (tertiary/aromatic N) is 2. The molecule has 12 heavy (non-hydrogen) atoms. The summed E-state index contributed by atoms with van der Waals surface area (Å²) in [6.07, 6.45) is 3.92. The Kier molecular flexibility index (Phi) is 5.68. The third kappa shape index (κ3) is 4.31. The van der Waals surface area contributed by atoms with Crippen molar-refractivity contribution in [2.45, 2.75) is 0 Å². The molecule has 0 amide bonds. The van der Waals surface area contributed by atoms with Gasteiger partial charge in [0.2, 0.25) is 0 Å². The second-order valence-corrected chi connectivity index (χ2v) is 3.33. The predicted molar refractivity (Wildman–Crippen MR) is 55.3 cm³/mol. The summed E-state index contributed by atoms with van der Waals surface area (Å²) in [6.45, 7) is 11.5. The van der Waals surface area contributed by atoms with Gasteiger partial charge in [0.1, 0.15) is 0 Å². The maximum atomic E-state index is 4.10. The van der Waals surface area contributed by atoms with Crippen LogP contribution in [0.4, 0.5) is 0 Å². The monoisotopic (exact) mass is 168 g/mol. The van der Waals surface area contributed by atoms with E-state index in [0.717, 1.165) is 30.7 Å². The normalized spacial score (nSPS) is 11.2. The fourth-order valence-electron chi connectivity index (χ4n) is 1.22. The van der Waals surface area contributed by atoms with Gasteiger partial charge in [-0.2, -0.15) is 7.05 Å². The lowest BCUT2D eigenvalue weighted by Crippen LogP contribution is -2.46. The van der Waals surface area contributed by atoms with Gasteiger partial charge in [0.25, 0.3) is 0 Å². The molecule has 0 spiro atoms. The summed E-state index contributed by atoms with van der Waals surface area (Å²) in [6, 6.07) is 0. The Balaban J connectivity index is 3.96. The van der Waals surface area contributed by atoms with Crippen LogP contribution in [-0.2, 0) is 0 Å². The van der Waals surface area contributed by atoms with E-state index in [1.54, 1.807) is 0 Å². The standard InChI is InChI=1S/C10H20N2/c1-5-8-12(4,9-6-2)10-7-11-3/h5-6H,1-2,7-10H2,3-4H3. The lowest BCUT2D eigenvalue weighted by molar-refractivity contribution is -0.896. The van der Waals surface area contributed by atoms with Crippen LogP contribution in [0.5, 0.6) is 0 Å². The van der Waals surface area contributed by atoms with Crippen LogP contribution < -0.4 is 0 Å². The topological polar surface area (TPSA) is 14.1 Å². The Labute approximate surface area is 76.2 Å². The Morgan fingerprint density at radius 2 is 1.75 bits per heavy atom. The molecule has 2 heteroatoms. The molecule has 0 aromatic carbocycles. The van der Waals surface area contributed by atoms with E-state index in [0.29, 0.717) is 0 Å². The molecule has 0 saturated carbocycles. The summed E-state index contributed by atoms with van der Waals surface area (Å²) in [5.41, 5.74) is 0. The largest absolute Gasteiger partial charge is 0.660 e. The van der Waals surface area contributed by atoms with Crippen molar-refractivity contribution < 1.29 is 4.48 Å². The number of likely N-dealkylation sites (N-methyl/N-ethyl adjacent to an activating group) is 2. The van der Waals surface area contributed by atoms with Crippen LogP contribution in [0.15, 0.2) is 25.3 Å². The average molecular weight is 168 g/mol.